The minimum Gasteiger partial charge on any atom is -0.504 e. The van der Waals surface area contributed by atoms with Crippen molar-refractivity contribution in [2.75, 3.05) is 0 Å². The summed E-state index contributed by atoms with van der Waals surface area (Å²) in [6.45, 7) is 0. The number of aromatic nitrogens is 1. The summed E-state index contributed by atoms with van der Waals surface area (Å²) in [5, 5.41) is 11.4. The number of aromatic hydroxyl groups is 1. The number of hydrogen-bond donors (Lipinski definition) is 1. The van der Waals surface area contributed by atoms with E-state index in [9.17, 15) is 5.11 Å². The molecular weight excluding hydrogens is 393 g/mol. The van der Waals surface area contributed by atoms with Crippen molar-refractivity contribution in [2.24, 2.45) is 0 Å². The van der Waals surface area contributed by atoms with Crippen LogP contribution in [0.1, 0.15) is 10.6 Å². The van der Waals surface area contributed by atoms with Gasteiger partial charge in [-0.3, -0.25) is 0 Å². The Morgan fingerprint density at radius 2 is 1.90 bits per heavy atom. The summed E-state index contributed by atoms with van der Waals surface area (Å²) in [5.74, 6) is -0.0508. The molecule has 2 heterocycles. The molecule has 0 spiro atoms. The third kappa shape index (κ3) is 3.09. The molecule has 0 saturated heterocycles. The zero-order valence-corrected chi connectivity index (χ0v) is 14.4. The molecule has 2 nitrogen and oxygen atoms in total. The first kappa shape index (κ1) is 14.9. The van der Waals surface area contributed by atoms with Gasteiger partial charge in [0, 0.05) is 10.3 Å². The van der Waals surface area contributed by atoms with Gasteiger partial charge in [0.25, 0.3) is 0 Å². The Labute approximate surface area is 143 Å². The molecule has 0 aliphatic rings. The molecule has 3 rings (SSSR count). The van der Waals surface area contributed by atoms with Crippen molar-refractivity contribution >= 4 is 73.5 Å². The number of nitrogens with zero attached hydrogens (tertiary/aromatic N) is 1. The van der Waals surface area contributed by atoms with Crippen LogP contribution in [0.25, 0.3) is 23.1 Å². The van der Waals surface area contributed by atoms with Gasteiger partial charge in [0.05, 0.1) is 19.5 Å². The molecule has 0 unspecified atom stereocenters. The van der Waals surface area contributed by atoms with Gasteiger partial charge < -0.3 is 5.11 Å². The molecule has 0 fully saturated rings. The highest BCUT2D eigenvalue weighted by Gasteiger charge is 2.10. The van der Waals surface area contributed by atoms with Crippen molar-refractivity contribution in [2.45, 2.75) is 0 Å². The maximum atomic E-state index is 10.0. The van der Waals surface area contributed by atoms with Crippen LogP contribution in [-0.2, 0) is 0 Å². The Bertz CT molecular complexity index is 860. The molecule has 0 radical (unpaired) electrons. The summed E-state index contributed by atoms with van der Waals surface area (Å²) in [6, 6.07) is 9.19. The first-order valence-electron chi connectivity index (χ1n) is 5.96. The van der Waals surface area contributed by atoms with Crippen molar-refractivity contribution < 1.29 is 5.11 Å². The lowest BCUT2D eigenvalue weighted by molar-refractivity contribution is 0.480. The van der Waals surface area contributed by atoms with Crippen LogP contribution in [-0.4, -0.2) is 10.1 Å². The normalized spacial score (nSPS) is 11.6. The summed E-state index contributed by atoms with van der Waals surface area (Å²) in [6.07, 6.45) is 3.85. The molecule has 0 atom stereocenters. The average molecular weight is 401 g/mol. The predicted molar refractivity (Wildman–Crippen MR) is 94.4 cm³/mol. The van der Waals surface area contributed by atoms with E-state index >= 15 is 0 Å². The Hall–Kier alpha value is -1.07. The molecule has 1 N–H and O–H groups in total. The molecule has 0 aliphatic heterocycles. The lowest BCUT2D eigenvalue weighted by atomic mass is 10.2. The highest BCUT2D eigenvalue weighted by molar-refractivity contribution is 9.11. The van der Waals surface area contributed by atoms with E-state index in [4.69, 9.17) is 23.2 Å². The van der Waals surface area contributed by atoms with Crippen molar-refractivity contribution in [3.8, 4) is 5.75 Å². The molecule has 6 heteroatoms. The quantitative estimate of drug-likeness (QED) is 0.552. The third-order valence-electron chi connectivity index (χ3n) is 2.89. The van der Waals surface area contributed by atoms with E-state index in [2.05, 4.69) is 20.9 Å². The van der Waals surface area contributed by atoms with Crippen LogP contribution in [0.5, 0.6) is 5.75 Å². The number of hydrogen-bond acceptors (Lipinski definition) is 3. The summed E-state index contributed by atoms with van der Waals surface area (Å²) in [5.41, 5.74) is 1.13. The average Bonchev–Trinajstić information content (AvgIpc) is 2.88. The second kappa shape index (κ2) is 5.97. The van der Waals surface area contributed by atoms with Crippen LogP contribution in [0.15, 0.2) is 34.1 Å². The lowest BCUT2D eigenvalue weighted by Crippen LogP contribution is -1.86. The van der Waals surface area contributed by atoms with Crippen molar-refractivity contribution in [1.29, 1.82) is 0 Å². The molecule has 0 saturated carbocycles. The van der Waals surface area contributed by atoms with Gasteiger partial charge in [-0.05, 0) is 58.4 Å². The van der Waals surface area contributed by atoms with E-state index in [0.29, 0.717) is 15.9 Å². The summed E-state index contributed by atoms with van der Waals surface area (Å²) in [4.78, 5) is 5.51. The first-order chi connectivity index (χ1) is 10.0. The van der Waals surface area contributed by atoms with Gasteiger partial charge in [0.15, 0.2) is 5.75 Å². The largest absolute Gasteiger partial charge is 0.504 e. The molecule has 0 bridgehead atoms. The fraction of sp³-hybridized carbons (Fsp3) is 0. The van der Waals surface area contributed by atoms with Gasteiger partial charge in [-0.2, -0.15) is 0 Å². The van der Waals surface area contributed by atoms with Crippen LogP contribution < -0.4 is 0 Å². The standard InChI is InChI=1S/C15H8BrCl2NOS/c16-13-6-4-9(21-13)3-1-8-2-5-10-11(17)7-12(18)15(20)14(10)19-8/h1-7,20H/b3-1+. The topological polar surface area (TPSA) is 33.1 Å². The van der Waals surface area contributed by atoms with Gasteiger partial charge in [0.2, 0.25) is 0 Å². The fourth-order valence-corrected chi connectivity index (χ4v) is 3.74. The van der Waals surface area contributed by atoms with Crippen LogP contribution in [0.4, 0.5) is 0 Å². The molecule has 21 heavy (non-hydrogen) atoms. The number of phenolic OH excluding ortho intramolecular Hbond substituents is 1. The second-order valence-electron chi connectivity index (χ2n) is 4.30. The maximum Gasteiger partial charge on any atom is 0.160 e. The lowest BCUT2D eigenvalue weighted by Gasteiger charge is -2.05. The van der Waals surface area contributed by atoms with E-state index in [1.54, 1.807) is 11.3 Å². The predicted octanol–water partition coefficient (Wildman–Crippen LogP) is 6.24. The highest BCUT2D eigenvalue weighted by atomic mass is 79.9. The van der Waals surface area contributed by atoms with Gasteiger partial charge in [-0.25, -0.2) is 4.98 Å². The number of fused-ring (bicyclic) bond motifs is 1. The number of thiophene rings is 1. The van der Waals surface area contributed by atoms with Crippen LogP contribution in [0.2, 0.25) is 10.0 Å². The van der Waals surface area contributed by atoms with Gasteiger partial charge in [-0.15, -0.1) is 11.3 Å². The summed E-state index contributed by atoms with van der Waals surface area (Å²) >= 11 is 17.1. The Morgan fingerprint density at radius 1 is 1.10 bits per heavy atom. The molecule has 1 aromatic carbocycles. The number of rotatable bonds is 2. The summed E-state index contributed by atoms with van der Waals surface area (Å²) < 4.78 is 1.07. The minimum absolute atomic E-state index is 0.0508. The van der Waals surface area contributed by atoms with Crippen molar-refractivity contribution in [1.82, 2.24) is 4.98 Å². The molecule has 106 valence electrons. The van der Waals surface area contributed by atoms with Gasteiger partial charge in [0.1, 0.15) is 5.52 Å². The van der Waals surface area contributed by atoms with Gasteiger partial charge >= 0.3 is 0 Å². The Kier molecular flexibility index (Phi) is 4.22. The fourth-order valence-electron chi connectivity index (χ4n) is 1.90. The van der Waals surface area contributed by atoms with Gasteiger partial charge in [-0.1, -0.05) is 23.2 Å². The first-order valence-corrected chi connectivity index (χ1v) is 8.32. The van der Waals surface area contributed by atoms with E-state index in [1.165, 1.54) is 6.07 Å². The zero-order chi connectivity index (χ0) is 15.0. The molecule has 2 aromatic heterocycles. The van der Waals surface area contributed by atoms with E-state index < -0.39 is 0 Å². The number of halogens is 3. The second-order valence-corrected chi connectivity index (χ2v) is 7.61. The van der Waals surface area contributed by atoms with Crippen LogP contribution in [0, 0.1) is 0 Å². The third-order valence-corrected chi connectivity index (χ3v) is 5.08. The van der Waals surface area contributed by atoms with E-state index in [1.807, 2.05) is 36.4 Å². The van der Waals surface area contributed by atoms with Crippen LogP contribution in [0.3, 0.4) is 0 Å². The van der Waals surface area contributed by atoms with Crippen molar-refractivity contribution in [3.05, 3.63) is 54.7 Å². The zero-order valence-electron chi connectivity index (χ0n) is 10.5. The molecule has 0 aliphatic carbocycles. The van der Waals surface area contributed by atoms with E-state index in [-0.39, 0.29) is 10.8 Å². The highest BCUT2D eigenvalue weighted by Crippen LogP contribution is 2.36. The summed E-state index contributed by atoms with van der Waals surface area (Å²) in [7, 11) is 0. The molecular formula is C15H8BrCl2NOS. The Morgan fingerprint density at radius 3 is 2.62 bits per heavy atom. The van der Waals surface area contributed by atoms with E-state index in [0.717, 1.165) is 14.4 Å². The van der Waals surface area contributed by atoms with Crippen LogP contribution >= 0.6 is 50.5 Å². The number of benzene rings is 1. The number of phenols is 1. The maximum absolute atomic E-state index is 10.0. The molecule has 0 amide bonds. The SMILES string of the molecule is Oc1c(Cl)cc(Cl)c2ccc(/C=C/c3ccc(Br)s3)nc12. The molecule has 3 aromatic rings. The monoisotopic (exact) mass is 399 g/mol. The Balaban J connectivity index is 2.05. The smallest absolute Gasteiger partial charge is 0.160 e. The minimum atomic E-state index is -0.0508. The number of pyridine rings is 1. The van der Waals surface area contributed by atoms with Crippen molar-refractivity contribution in [3.63, 3.8) is 0 Å².